The van der Waals surface area contributed by atoms with Crippen LogP contribution in [0.25, 0.3) is 0 Å². The molecule has 2 N–H and O–H groups in total. The molecule has 2 aromatic carbocycles. The Morgan fingerprint density at radius 2 is 1.97 bits per heavy atom. The van der Waals surface area contributed by atoms with E-state index in [4.69, 9.17) is 11.6 Å². The summed E-state index contributed by atoms with van der Waals surface area (Å²) >= 11 is 7.16. The Labute approximate surface area is 188 Å². The first-order chi connectivity index (χ1) is 14.9. The molecule has 0 unspecified atom stereocenters. The van der Waals surface area contributed by atoms with E-state index in [0.29, 0.717) is 28.2 Å². The van der Waals surface area contributed by atoms with Gasteiger partial charge in [-0.25, -0.2) is 4.39 Å². The van der Waals surface area contributed by atoms with Crippen LogP contribution in [-0.4, -0.2) is 32.3 Å². The topological polar surface area (TPSA) is 88.9 Å². The maximum Gasteiger partial charge on any atom is 0.254 e. The van der Waals surface area contributed by atoms with Gasteiger partial charge >= 0.3 is 0 Å². The Morgan fingerprint density at radius 1 is 1.19 bits per heavy atom. The van der Waals surface area contributed by atoms with Crippen molar-refractivity contribution in [1.29, 1.82) is 0 Å². The lowest BCUT2D eigenvalue weighted by Gasteiger charge is -2.15. The average Bonchev–Trinajstić information content (AvgIpc) is 3.15. The van der Waals surface area contributed by atoms with Gasteiger partial charge in [0, 0.05) is 17.3 Å². The zero-order chi connectivity index (χ0) is 22.4. The van der Waals surface area contributed by atoms with Gasteiger partial charge < -0.3 is 15.2 Å². The summed E-state index contributed by atoms with van der Waals surface area (Å²) < 4.78 is 15.7. The van der Waals surface area contributed by atoms with Crippen LogP contribution in [0.1, 0.15) is 36.1 Å². The fourth-order valence-corrected chi connectivity index (χ4v) is 3.90. The van der Waals surface area contributed by atoms with E-state index >= 15 is 0 Å². The molecular weight excluding hydrogens is 441 g/mol. The van der Waals surface area contributed by atoms with E-state index in [0.717, 1.165) is 0 Å². The summed E-state index contributed by atoms with van der Waals surface area (Å²) in [5.41, 5.74) is 0.574. The summed E-state index contributed by atoms with van der Waals surface area (Å²) in [5.74, 6) is -0.691. The minimum atomic E-state index is -0.592. The van der Waals surface area contributed by atoms with Gasteiger partial charge in [-0.1, -0.05) is 41.6 Å². The third-order valence-corrected chi connectivity index (χ3v) is 5.56. The minimum absolute atomic E-state index is 0.0378. The number of anilines is 1. The largest absolute Gasteiger partial charge is 0.342 e. The molecule has 0 saturated heterocycles. The predicted molar refractivity (Wildman–Crippen MR) is 119 cm³/mol. The molecule has 0 aliphatic carbocycles. The van der Waals surface area contributed by atoms with Crippen molar-refractivity contribution in [2.45, 2.75) is 31.6 Å². The van der Waals surface area contributed by atoms with Crippen LogP contribution in [0.5, 0.6) is 0 Å². The second kappa shape index (κ2) is 10.4. The molecule has 0 saturated carbocycles. The van der Waals surface area contributed by atoms with Gasteiger partial charge in [-0.15, -0.1) is 10.2 Å². The first kappa shape index (κ1) is 22.8. The Hall–Kier alpha value is -2.91. The van der Waals surface area contributed by atoms with Gasteiger partial charge in [-0.05, 0) is 44.2 Å². The summed E-state index contributed by atoms with van der Waals surface area (Å²) in [6.45, 7) is 4.20. The summed E-state index contributed by atoms with van der Waals surface area (Å²) in [4.78, 5) is 24.6. The monoisotopic (exact) mass is 461 g/mol. The summed E-state index contributed by atoms with van der Waals surface area (Å²) in [7, 11) is 0. The lowest BCUT2D eigenvalue weighted by atomic mass is 10.2. The summed E-state index contributed by atoms with van der Waals surface area (Å²) in [6.07, 6.45) is 0. The van der Waals surface area contributed by atoms with Crippen LogP contribution in [0.15, 0.2) is 53.7 Å². The molecule has 0 radical (unpaired) electrons. The molecule has 3 aromatic rings. The molecule has 0 fully saturated rings. The van der Waals surface area contributed by atoms with Crippen LogP contribution < -0.4 is 10.6 Å². The molecule has 162 valence electrons. The smallest absolute Gasteiger partial charge is 0.254 e. The molecule has 1 heterocycles. The van der Waals surface area contributed by atoms with Crippen molar-refractivity contribution in [3.8, 4) is 0 Å². The van der Waals surface area contributed by atoms with Gasteiger partial charge in [-0.3, -0.25) is 9.59 Å². The number of nitrogens with one attached hydrogen (secondary N) is 2. The number of amides is 2. The number of hydrogen-bond donors (Lipinski definition) is 2. The molecule has 3 rings (SSSR count). The van der Waals surface area contributed by atoms with E-state index in [-0.39, 0.29) is 17.2 Å². The molecule has 31 heavy (non-hydrogen) atoms. The SMILES string of the molecule is CCn1c(SCC(=O)Nc2cccc(Cl)c2)nnc1[C@@H](C)NC(=O)c1ccccc1F. The van der Waals surface area contributed by atoms with Crippen molar-refractivity contribution in [3.63, 3.8) is 0 Å². The average molecular weight is 462 g/mol. The van der Waals surface area contributed by atoms with Crippen molar-refractivity contribution in [1.82, 2.24) is 20.1 Å². The fourth-order valence-electron chi connectivity index (χ4n) is 2.90. The molecule has 10 heteroatoms. The van der Waals surface area contributed by atoms with Crippen LogP contribution in [0.4, 0.5) is 10.1 Å². The Kier molecular flexibility index (Phi) is 7.64. The van der Waals surface area contributed by atoms with Crippen molar-refractivity contribution in [2.24, 2.45) is 0 Å². The molecule has 0 spiro atoms. The molecule has 0 aliphatic heterocycles. The van der Waals surface area contributed by atoms with E-state index in [1.807, 2.05) is 11.5 Å². The quantitative estimate of drug-likeness (QED) is 0.488. The maximum absolute atomic E-state index is 13.9. The van der Waals surface area contributed by atoms with Crippen molar-refractivity contribution in [3.05, 3.63) is 70.8 Å². The first-order valence-electron chi connectivity index (χ1n) is 9.55. The number of carbonyl (C=O) groups excluding carboxylic acids is 2. The number of nitrogens with zero attached hydrogens (tertiary/aromatic N) is 3. The number of carbonyl (C=O) groups is 2. The van der Waals surface area contributed by atoms with Gasteiger partial charge in [0.05, 0.1) is 17.4 Å². The highest BCUT2D eigenvalue weighted by Crippen LogP contribution is 2.22. The lowest BCUT2D eigenvalue weighted by Crippen LogP contribution is -2.29. The molecule has 1 aromatic heterocycles. The van der Waals surface area contributed by atoms with Gasteiger partial charge in [0.15, 0.2) is 11.0 Å². The number of halogens is 2. The highest BCUT2D eigenvalue weighted by atomic mass is 35.5. The molecular formula is C21H21ClFN5O2S. The zero-order valence-corrected chi connectivity index (χ0v) is 18.5. The number of thioether (sulfide) groups is 1. The van der Waals surface area contributed by atoms with Crippen LogP contribution in [-0.2, 0) is 11.3 Å². The van der Waals surface area contributed by atoms with Crippen molar-refractivity contribution < 1.29 is 14.0 Å². The Morgan fingerprint density at radius 3 is 2.68 bits per heavy atom. The first-order valence-corrected chi connectivity index (χ1v) is 10.9. The number of benzene rings is 2. The minimum Gasteiger partial charge on any atom is -0.342 e. The third kappa shape index (κ3) is 5.83. The molecule has 0 aliphatic rings. The van der Waals surface area contributed by atoms with E-state index < -0.39 is 17.8 Å². The van der Waals surface area contributed by atoms with E-state index in [9.17, 15) is 14.0 Å². The lowest BCUT2D eigenvalue weighted by molar-refractivity contribution is -0.113. The number of rotatable bonds is 8. The van der Waals surface area contributed by atoms with Gasteiger partial charge in [0.1, 0.15) is 5.82 Å². The summed E-state index contributed by atoms with van der Waals surface area (Å²) in [5, 5.41) is 14.9. The molecule has 0 bridgehead atoms. The standard InChI is InChI=1S/C21H21ClFN5O2S/c1-3-28-19(13(2)24-20(30)16-9-4-5-10-17(16)23)26-27-21(28)31-12-18(29)25-15-8-6-7-14(22)11-15/h4-11,13H,3,12H2,1-2H3,(H,24,30)(H,25,29)/t13-/m1/s1. The Balaban J connectivity index is 1.63. The second-order valence-corrected chi connectivity index (χ2v) is 7.99. The fraction of sp³-hybridized carbons (Fsp3) is 0.238. The third-order valence-electron chi connectivity index (χ3n) is 4.36. The van der Waals surface area contributed by atoms with Crippen LogP contribution in [0.3, 0.4) is 0 Å². The summed E-state index contributed by atoms with van der Waals surface area (Å²) in [6, 6.07) is 12.2. The number of aromatic nitrogens is 3. The molecule has 2 amide bonds. The second-order valence-electron chi connectivity index (χ2n) is 6.61. The van der Waals surface area contributed by atoms with Gasteiger partial charge in [0.2, 0.25) is 5.91 Å². The normalized spacial score (nSPS) is 11.7. The highest BCUT2D eigenvalue weighted by molar-refractivity contribution is 7.99. The van der Waals surface area contributed by atoms with Crippen LogP contribution >= 0.6 is 23.4 Å². The predicted octanol–water partition coefficient (Wildman–Crippen LogP) is 4.31. The number of hydrogen-bond acceptors (Lipinski definition) is 5. The van der Waals surface area contributed by atoms with Crippen LogP contribution in [0.2, 0.25) is 5.02 Å². The van der Waals surface area contributed by atoms with Crippen molar-refractivity contribution >= 4 is 40.9 Å². The van der Waals surface area contributed by atoms with Crippen molar-refractivity contribution in [2.75, 3.05) is 11.1 Å². The Bertz CT molecular complexity index is 1090. The van der Waals surface area contributed by atoms with Gasteiger partial charge in [0.25, 0.3) is 5.91 Å². The van der Waals surface area contributed by atoms with E-state index in [2.05, 4.69) is 20.8 Å². The zero-order valence-electron chi connectivity index (χ0n) is 16.9. The van der Waals surface area contributed by atoms with Gasteiger partial charge in [-0.2, -0.15) is 0 Å². The van der Waals surface area contributed by atoms with E-state index in [1.54, 1.807) is 37.3 Å². The maximum atomic E-state index is 13.9. The molecule has 1 atom stereocenters. The molecule has 7 nitrogen and oxygen atoms in total. The highest BCUT2D eigenvalue weighted by Gasteiger charge is 2.21. The van der Waals surface area contributed by atoms with E-state index in [1.165, 1.54) is 30.0 Å². The van der Waals surface area contributed by atoms with Crippen LogP contribution in [0, 0.1) is 5.82 Å².